The predicted octanol–water partition coefficient (Wildman–Crippen LogP) is 2.41. The number of piperazine rings is 1. The van der Waals surface area contributed by atoms with Gasteiger partial charge in [-0.05, 0) is 18.2 Å². The number of nitrogens with zero attached hydrogens (tertiary/aromatic N) is 5. The Hall–Kier alpha value is -2.21. The van der Waals surface area contributed by atoms with Crippen molar-refractivity contribution < 1.29 is 0 Å². The number of benzene rings is 1. The van der Waals surface area contributed by atoms with Gasteiger partial charge in [0.25, 0.3) is 0 Å². The van der Waals surface area contributed by atoms with Gasteiger partial charge in [0.15, 0.2) is 5.13 Å². The first-order valence-corrected chi connectivity index (χ1v) is 7.84. The van der Waals surface area contributed by atoms with E-state index in [-0.39, 0.29) is 0 Å². The minimum Gasteiger partial charge on any atom is -0.345 e. The largest absolute Gasteiger partial charge is 0.345 e. The molecule has 2 aromatic heterocycles. The van der Waals surface area contributed by atoms with Crippen molar-refractivity contribution in [1.82, 2.24) is 15.0 Å². The molecule has 5 nitrogen and oxygen atoms in total. The molecule has 106 valence electrons. The fourth-order valence-corrected chi connectivity index (χ4v) is 3.56. The van der Waals surface area contributed by atoms with Crippen LogP contribution in [-0.2, 0) is 0 Å². The van der Waals surface area contributed by atoms with E-state index < -0.39 is 0 Å². The summed E-state index contributed by atoms with van der Waals surface area (Å²) in [5.41, 5.74) is 1.09. The molecule has 0 bridgehead atoms. The molecule has 0 spiro atoms. The van der Waals surface area contributed by atoms with Crippen molar-refractivity contribution in [3.63, 3.8) is 0 Å². The van der Waals surface area contributed by atoms with E-state index in [9.17, 15) is 0 Å². The van der Waals surface area contributed by atoms with Crippen LogP contribution >= 0.6 is 11.3 Å². The number of fused-ring (bicyclic) bond motifs is 1. The molecule has 0 unspecified atom stereocenters. The summed E-state index contributed by atoms with van der Waals surface area (Å²) < 4.78 is 1.25. The molecule has 1 aromatic carbocycles. The Bertz CT molecular complexity index is 701. The lowest BCUT2D eigenvalue weighted by atomic mass is 10.3. The molecule has 3 heterocycles. The number of anilines is 2. The second-order valence-electron chi connectivity index (χ2n) is 4.99. The van der Waals surface area contributed by atoms with Crippen molar-refractivity contribution in [3.8, 4) is 0 Å². The van der Waals surface area contributed by atoms with Gasteiger partial charge in [-0.15, -0.1) is 0 Å². The molecule has 4 rings (SSSR count). The third-order valence-electron chi connectivity index (χ3n) is 3.67. The van der Waals surface area contributed by atoms with Crippen LogP contribution in [0.5, 0.6) is 0 Å². The highest BCUT2D eigenvalue weighted by Crippen LogP contribution is 2.29. The van der Waals surface area contributed by atoms with E-state index >= 15 is 0 Å². The van der Waals surface area contributed by atoms with Gasteiger partial charge < -0.3 is 9.80 Å². The van der Waals surface area contributed by atoms with Crippen LogP contribution in [0.4, 0.5) is 11.1 Å². The summed E-state index contributed by atoms with van der Waals surface area (Å²) in [6.45, 7) is 3.77. The summed E-state index contributed by atoms with van der Waals surface area (Å²) >= 11 is 1.77. The molecule has 1 saturated heterocycles. The van der Waals surface area contributed by atoms with Crippen LogP contribution in [-0.4, -0.2) is 41.1 Å². The minimum absolute atomic E-state index is 0.821. The summed E-state index contributed by atoms with van der Waals surface area (Å²) in [5, 5.41) is 1.12. The summed E-state index contributed by atoms with van der Waals surface area (Å²) in [4.78, 5) is 17.9. The van der Waals surface area contributed by atoms with E-state index in [1.807, 2.05) is 12.1 Å². The normalized spacial score (nSPS) is 15.6. The molecule has 0 radical (unpaired) electrons. The Balaban J connectivity index is 1.50. The van der Waals surface area contributed by atoms with Crippen LogP contribution in [0.1, 0.15) is 0 Å². The number of aromatic nitrogens is 3. The van der Waals surface area contributed by atoms with Gasteiger partial charge in [0.05, 0.1) is 10.2 Å². The molecule has 1 aliphatic heterocycles. The molecule has 3 aromatic rings. The van der Waals surface area contributed by atoms with Crippen LogP contribution in [0, 0.1) is 0 Å². The zero-order valence-electron chi connectivity index (χ0n) is 11.5. The number of hydrogen-bond donors (Lipinski definition) is 0. The van der Waals surface area contributed by atoms with Crippen LogP contribution in [0.15, 0.2) is 42.7 Å². The molecule has 0 atom stereocenters. The molecule has 0 saturated carbocycles. The number of rotatable bonds is 2. The average molecular weight is 297 g/mol. The monoisotopic (exact) mass is 297 g/mol. The third-order valence-corrected chi connectivity index (χ3v) is 4.76. The van der Waals surface area contributed by atoms with Crippen LogP contribution < -0.4 is 9.80 Å². The maximum absolute atomic E-state index is 4.73. The van der Waals surface area contributed by atoms with Gasteiger partial charge in [-0.3, -0.25) is 0 Å². The second-order valence-corrected chi connectivity index (χ2v) is 6.00. The van der Waals surface area contributed by atoms with Crippen molar-refractivity contribution >= 4 is 32.6 Å². The van der Waals surface area contributed by atoms with Gasteiger partial charge in [-0.25, -0.2) is 15.0 Å². The average Bonchev–Trinajstić information content (AvgIpc) is 3.00. The van der Waals surface area contributed by atoms with E-state index in [4.69, 9.17) is 4.98 Å². The predicted molar refractivity (Wildman–Crippen MR) is 86.1 cm³/mol. The summed E-state index contributed by atoms with van der Waals surface area (Å²) in [6, 6.07) is 10.2. The van der Waals surface area contributed by atoms with Crippen molar-refractivity contribution in [1.29, 1.82) is 0 Å². The molecular weight excluding hydrogens is 282 g/mol. The van der Waals surface area contributed by atoms with Crippen molar-refractivity contribution in [2.45, 2.75) is 0 Å². The SMILES string of the molecule is c1cnc(N2CCN(c3nc4ccccc4s3)CC2)nc1. The lowest BCUT2D eigenvalue weighted by molar-refractivity contribution is 0.639. The molecule has 21 heavy (non-hydrogen) atoms. The first-order chi connectivity index (χ1) is 10.4. The Kier molecular flexibility index (Phi) is 3.16. The van der Waals surface area contributed by atoms with E-state index in [0.717, 1.165) is 42.8 Å². The van der Waals surface area contributed by atoms with Crippen molar-refractivity contribution in [3.05, 3.63) is 42.7 Å². The summed E-state index contributed by atoms with van der Waals surface area (Å²) in [5.74, 6) is 0.821. The zero-order valence-corrected chi connectivity index (χ0v) is 12.3. The smallest absolute Gasteiger partial charge is 0.225 e. The fraction of sp³-hybridized carbons (Fsp3) is 0.267. The molecule has 1 aliphatic rings. The van der Waals surface area contributed by atoms with Crippen LogP contribution in [0.3, 0.4) is 0 Å². The lowest BCUT2D eigenvalue weighted by Crippen LogP contribution is -2.47. The fourth-order valence-electron chi connectivity index (χ4n) is 2.55. The van der Waals surface area contributed by atoms with Crippen LogP contribution in [0.2, 0.25) is 0 Å². The second kappa shape index (κ2) is 5.29. The van der Waals surface area contributed by atoms with Crippen molar-refractivity contribution in [2.75, 3.05) is 36.0 Å². The molecule has 0 aliphatic carbocycles. The minimum atomic E-state index is 0.821. The zero-order chi connectivity index (χ0) is 14.1. The molecule has 6 heteroatoms. The highest BCUT2D eigenvalue weighted by Gasteiger charge is 2.21. The van der Waals surface area contributed by atoms with Gasteiger partial charge in [0.2, 0.25) is 5.95 Å². The third kappa shape index (κ3) is 2.42. The standard InChI is InChI=1S/C15H15N5S/c1-2-5-13-12(4-1)18-15(21-13)20-10-8-19(9-11-20)14-16-6-3-7-17-14/h1-7H,8-11H2. The van der Waals surface area contributed by atoms with Gasteiger partial charge in [-0.2, -0.15) is 0 Å². The number of para-hydroxylation sites is 1. The highest BCUT2D eigenvalue weighted by atomic mass is 32.1. The van der Waals surface area contributed by atoms with E-state index in [2.05, 4.69) is 38.0 Å². The Morgan fingerprint density at radius 1 is 0.857 bits per heavy atom. The number of hydrogen-bond acceptors (Lipinski definition) is 6. The van der Waals surface area contributed by atoms with E-state index in [0.29, 0.717) is 0 Å². The molecule has 1 fully saturated rings. The first kappa shape index (κ1) is 12.5. The summed E-state index contributed by atoms with van der Waals surface area (Å²) in [7, 11) is 0. The maximum Gasteiger partial charge on any atom is 0.225 e. The van der Waals surface area contributed by atoms with Crippen molar-refractivity contribution in [2.24, 2.45) is 0 Å². The molecule has 0 amide bonds. The summed E-state index contributed by atoms with van der Waals surface area (Å²) in [6.07, 6.45) is 3.59. The molecular formula is C15H15N5S. The Morgan fingerprint density at radius 3 is 2.33 bits per heavy atom. The topological polar surface area (TPSA) is 45.2 Å². The van der Waals surface area contributed by atoms with Crippen LogP contribution in [0.25, 0.3) is 10.2 Å². The van der Waals surface area contributed by atoms with Gasteiger partial charge in [0, 0.05) is 38.6 Å². The quantitative estimate of drug-likeness (QED) is 0.727. The number of thiazole rings is 1. The highest BCUT2D eigenvalue weighted by molar-refractivity contribution is 7.22. The maximum atomic E-state index is 4.73. The van der Waals surface area contributed by atoms with E-state index in [1.54, 1.807) is 23.7 Å². The van der Waals surface area contributed by atoms with Gasteiger partial charge >= 0.3 is 0 Å². The van der Waals surface area contributed by atoms with Gasteiger partial charge in [-0.1, -0.05) is 23.5 Å². The van der Waals surface area contributed by atoms with Gasteiger partial charge in [0.1, 0.15) is 0 Å². The lowest BCUT2D eigenvalue weighted by Gasteiger charge is -2.34. The Morgan fingerprint density at radius 2 is 1.57 bits per heavy atom. The molecule has 0 N–H and O–H groups in total. The Labute approximate surface area is 126 Å². The van der Waals surface area contributed by atoms with E-state index in [1.165, 1.54) is 4.70 Å². The first-order valence-electron chi connectivity index (χ1n) is 7.03.